The molecule has 0 aromatic heterocycles. The molecule has 0 radical (unpaired) electrons. The van der Waals surface area contributed by atoms with E-state index in [1.807, 2.05) is 0 Å². The molecular formula is C11H24N2OS. The number of rotatable bonds is 8. The molecular weight excluding hydrogens is 208 g/mol. The Kier molecular flexibility index (Phi) is 8.91. The van der Waals surface area contributed by atoms with Crippen molar-refractivity contribution >= 4 is 18.5 Å². The van der Waals surface area contributed by atoms with Crippen LogP contribution >= 0.6 is 12.6 Å². The van der Waals surface area contributed by atoms with Gasteiger partial charge in [-0.1, -0.05) is 0 Å². The minimum Gasteiger partial charge on any atom is -0.356 e. The monoisotopic (exact) mass is 232 g/mol. The van der Waals surface area contributed by atoms with E-state index in [0.29, 0.717) is 18.2 Å². The lowest BCUT2D eigenvalue weighted by atomic mass is 10.2. The van der Waals surface area contributed by atoms with E-state index in [1.54, 1.807) is 0 Å². The van der Waals surface area contributed by atoms with Gasteiger partial charge in [0.2, 0.25) is 5.91 Å². The maximum atomic E-state index is 11.1. The Morgan fingerprint density at radius 1 is 1.40 bits per heavy atom. The van der Waals surface area contributed by atoms with Gasteiger partial charge >= 0.3 is 0 Å². The molecule has 0 fully saturated rings. The van der Waals surface area contributed by atoms with Crippen LogP contribution in [0.2, 0.25) is 0 Å². The number of amides is 1. The standard InChI is InChI=1S/C11H24N2OS/c1-10(2)13(3)8-5-4-7-12-11(14)6-9-15/h10,15H,4-9H2,1-3H3,(H,12,14). The molecule has 0 aromatic carbocycles. The van der Waals surface area contributed by atoms with E-state index in [4.69, 9.17) is 0 Å². The quantitative estimate of drug-likeness (QED) is 0.491. The number of nitrogens with zero attached hydrogens (tertiary/aromatic N) is 1. The molecule has 0 aliphatic heterocycles. The highest BCUT2D eigenvalue weighted by Crippen LogP contribution is 1.97. The van der Waals surface area contributed by atoms with E-state index in [0.717, 1.165) is 25.9 Å². The molecule has 0 bridgehead atoms. The number of hydrogen-bond donors (Lipinski definition) is 2. The van der Waals surface area contributed by atoms with E-state index in [-0.39, 0.29) is 5.91 Å². The van der Waals surface area contributed by atoms with Gasteiger partial charge in [-0.15, -0.1) is 0 Å². The molecule has 0 aliphatic rings. The zero-order chi connectivity index (χ0) is 11.7. The summed E-state index contributed by atoms with van der Waals surface area (Å²) in [5.41, 5.74) is 0. The minimum absolute atomic E-state index is 0.113. The highest BCUT2D eigenvalue weighted by Gasteiger charge is 2.02. The first-order valence-corrected chi connectivity index (χ1v) is 6.29. The second-order valence-electron chi connectivity index (χ2n) is 4.11. The fourth-order valence-electron chi connectivity index (χ4n) is 1.16. The number of hydrogen-bond acceptors (Lipinski definition) is 3. The maximum absolute atomic E-state index is 11.1. The second kappa shape index (κ2) is 9.04. The third kappa shape index (κ3) is 8.75. The normalized spacial score (nSPS) is 11.1. The average molecular weight is 232 g/mol. The third-order valence-corrected chi connectivity index (χ3v) is 2.70. The van der Waals surface area contributed by atoms with Crippen molar-refractivity contribution in [1.29, 1.82) is 0 Å². The SMILES string of the molecule is CC(C)N(C)CCCCNC(=O)CCS. The van der Waals surface area contributed by atoms with Gasteiger partial charge < -0.3 is 10.2 Å². The largest absolute Gasteiger partial charge is 0.356 e. The number of nitrogens with one attached hydrogen (secondary N) is 1. The molecule has 0 aromatic rings. The zero-order valence-corrected chi connectivity index (χ0v) is 11.0. The van der Waals surface area contributed by atoms with Crippen LogP contribution in [0.1, 0.15) is 33.1 Å². The molecule has 0 saturated carbocycles. The van der Waals surface area contributed by atoms with Crippen LogP contribution in [0, 0.1) is 0 Å². The molecule has 1 amide bonds. The van der Waals surface area contributed by atoms with Crippen molar-refractivity contribution in [3.63, 3.8) is 0 Å². The summed E-state index contributed by atoms with van der Waals surface area (Å²) in [7, 11) is 2.13. The van der Waals surface area contributed by atoms with Gasteiger partial charge in [-0.2, -0.15) is 12.6 Å². The molecule has 0 rings (SSSR count). The lowest BCUT2D eigenvalue weighted by Gasteiger charge is -2.20. The fourth-order valence-corrected chi connectivity index (χ4v) is 1.37. The van der Waals surface area contributed by atoms with Gasteiger partial charge in [0.25, 0.3) is 0 Å². The zero-order valence-electron chi connectivity index (χ0n) is 10.1. The molecule has 0 spiro atoms. The Morgan fingerprint density at radius 2 is 2.07 bits per heavy atom. The van der Waals surface area contributed by atoms with Crippen LogP contribution in [-0.2, 0) is 4.79 Å². The second-order valence-corrected chi connectivity index (χ2v) is 4.55. The van der Waals surface area contributed by atoms with Crippen molar-refractivity contribution in [3.05, 3.63) is 0 Å². The molecule has 0 saturated heterocycles. The first kappa shape index (κ1) is 14.8. The maximum Gasteiger partial charge on any atom is 0.220 e. The molecule has 3 nitrogen and oxygen atoms in total. The lowest BCUT2D eigenvalue weighted by Crippen LogP contribution is -2.29. The molecule has 0 heterocycles. The number of unbranched alkanes of at least 4 members (excludes halogenated alkanes) is 1. The highest BCUT2D eigenvalue weighted by atomic mass is 32.1. The van der Waals surface area contributed by atoms with Crippen LogP contribution in [0.4, 0.5) is 0 Å². The Balaban J connectivity index is 3.28. The smallest absolute Gasteiger partial charge is 0.220 e. The van der Waals surface area contributed by atoms with Crippen LogP contribution in [0.3, 0.4) is 0 Å². The van der Waals surface area contributed by atoms with Crippen LogP contribution in [0.15, 0.2) is 0 Å². The summed E-state index contributed by atoms with van der Waals surface area (Å²) in [5.74, 6) is 0.740. The summed E-state index contributed by atoms with van der Waals surface area (Å²) in [6.45, 7) is 6.27. The van der Waals surface area contributed by atoms with Crippen molar-refractivity contribution in [3.8, 4) is 0 Å². The van der Waals surface area contributed by atoms with Crippen LogP contribution in [-0.4, -0.2) is 42.7 Å². The molecule has 90 valence electrons. The van der Waals surface area contributed by atoms with Crippen molar-refractivity contribution < 1.29 is 4.79 Å². The van der Waals surface area contributed by atoms with E-state index in [1.165, 1.54) is 0 Å². The highest BCUT2D eigenvalue weighted by molar-refractivity contribution is 7.80. The lowest BCUT2D eigenvalue weighted by molar-refractivity contribution is -0.120. The summed E-state index contributed by atoms with van der Waals surface area (Å²) in [6, 6.07) is 0.601. The Bertz CT molecular complexity index is 174. The minimum atomic E-state index is 0.113. The van der Waals surface area contributed by atoms with Crippen LogP contribution < -0.4 is 5.32 Å². The summed E-state index contributed by atoms with van der Waals surface area (Å²) in [5, 5.41) is 2.88. The van der Waals surface area contributed by atoms with Gasteiger partial charge in [0.05, 0.1) is 0 Å². The van der Waals surface area contributed by atoms with Gasteiger partial charge in [0.1, 0.15) is 0 Å². The Hall–Kier alpha value is -0.220. The van der Waals surface area contributed by atoms with Crippen LogP contribution in [0.25, 0.3) is 0 Å². The van der Waals surface area contributed by atoms with Crippen LogP contribution in [0.5, 0.6) is 0 Å². The van der Waals surface area contributed by atoms with E-state index in [2.05, 4.69) is 43.7 Å². The number of carbonyl (C=O) groups excluding carboxylic acids is 1. The van der Waals surface area contributed by atoms with E-state index >= 15 is 0 Å². The molecule has 0 aliphatic carbocycles. The van der Waals surface area contributed by atoms with E-state index in [9.17, 15) is 4.79 Å². The first-order chi connectivity index (χ1) is 7.07. The number of carbonyl (C=O) groups is 1. The Morgan fingerprint density at radius 3 is 2.60 bits per heavy atom. The predicted molar refractivity (Wildman–Crippen MR) is 68.5 cm³/mol. The fraction of sp³-hybridized carbons (Fsp3) is 0.909. The molecule has 1 N–H and O–H groups in total. The molecule has 0 unspecified atom stereocenters. The Labute approximate surface area is 99.0 Å². The van der Waals surface area contributed by atoms with Crippen molar-refractivity contribution in [2.45, 2.75) is 39.2 Å². The van der Waals surface area contributed by atoms with Crippen molar-refractivity contribution in [2.75, 3.05) is 25.9 Å². The van der Waals surface area contributed by atoms with Gasteiger partial charge in [0, 0.05) is 19.0 Å². The summed E-state index contributed by atoms with van der Waals surface area (Å²) in [4.78, 5) is 13.4. The molecule has 4 heteroatoms. The van der Waals surface area contributed by atoms with Gasteiger partial charge in [0.15, 0.2) is 0 Å². The average Bonchev–Trinajstić information content (AvgIpc) is 2.17. The topological polar surface area (TPSA) is 32.3 Å². The van der Waals surface area contributed by atoms with Gasteiger partial charge in [-0.25, -0.2) is 0 Å². The number of thiol groups is 1. The summed E-state index contributed by atoms with van der Waals surface area (Å²) >= 11 is 4.01. The van der Waals surface area contributed by atoms with Crippen molar-refractivity contribution in [1.82, 2.24) is 10.2 Å². The predicted octanol–water partition coefficient (Wildman–Crippen LogP) is 1.54. The molecule has 15 heavy (non-hydrogen) atoms. The van der Waals surface area contributed by atoms with Gasteiger partial charge in [-0.3, -0.25) is 4.79 Å². The van der Waals surface area contributed by atoms with Crippen molar-refractivity contribution in [2.24, 2.45) is 0 Å². The summed E-state index contributed by atoms with van der Waals surface area (Å²) in [6.07, 6.45) is 2.71. The van der Waals surface area contributed by atoms with E-state index < -0.39 is 0 Å². The molecule has 0 atom stereocenters. The summed E-state index contributed by atoms with van der Waals surface area (Å²) < 4.78 is 0. The first-order valence-electron chi connectivity index (χ1n) is 5.65. The van der Waals surface area contributed by atoms with Gasteiger partial charge in [-0.05, 0) is 46.0 Å². The third-order valence-electron chi connectivity index (χ3n) is 2.48.